The number of carbonyl (C=O) groups is 2. The average molecular weight is 393 g/mol. The van der Waals surface area contributed by atoms with Crippen LogP contribution >= 0.6 is 0 Å². The lowest BCUT2D eigenvalue weighted by Crippen LogP contribution is -2.38. The Labute approximate surface area is 167 Å². The summed E-state index contributed by atoms with van der Waals surface area (Å²) in [6.45, 7) is 1.80. The van der Waals surface area contributed by atoms with Gasteiger partial charge < -0.3 is 15.2 Å². The smallest absolute Gasteiger partial charge is 0.290 e. The first-order valence-corrected chi connectivity index (χ1v) is 10.1. The molecule has 3 aromatic heterocycles. The quantitative estimate of drug-likeness (QED) is 0.694. The molecule has 0 radical (unpaired) electrons. The fraction of sp³-hybridized carbons (Fsp3) is 0.429. The number of pyridine rings is 1. The number of nitrogens with zero attached hydrogens (tertiary/aromatic N) is 3. The molecule has 2 N–H and O–H groups in total. The van der Waals surface area contributed by atoms with Crippen LogP contribution in [0.3, 0.4) is 0 Å². The summed E-state index contributed by atoms with van der Waals surface area (Å²) < 4.78 is 6.90. The minimum Gasteiger partial charge on any atom is -0.351 e. The van der Waals surface area contributed by atoms with E-state index >= 15 is 0 Å². The molecule has 0 spiro atoms. The Morgan fingerprint density at radius 3 is 2.93 bits per heavy atom. The number of rotatable bonds is 5. The van der Waals surface area contributed by atoms with Crippen LogP contribution in [0.15, 0.2) is 41.2 Å². The molecule has 1 unspecified atom stereocenters. The van der Waals surface area contributed by atoms with Crippen molar-refractivity contribution in [1.82, 2.24) is 25.4 Å². The topological polar surface area (TPSA) is 102 Å². The molecule has 2 aliphatic carbocycles. The molecule has 3 heterocycles. The first-order valence-electron chi connectivity index (χ1n) is 10.1. The van der Waals surface area contributed by atoms with Crippen LogP contribution in [0.2, 0.25) is 0 Å². The van der Waals surface area contributed by atoms with Gasteiger partial charge in [0.15, 0.2) is 0 Å². The van der Waals surface area contributed by atoms with Crippen molar-refractivity contribution in [2.24, 2.45) is 11.8 Å². The van der Waals surface area contributed by atoms with Gasteiger partial charge in [0.2, 0.25) is 5.76 Å². The van der Waals surface area contributed by atoms with E-state index in [0.717, 1.165) is 17.9 Å². The Kier molecular flexibility index (Phi) is 4.34. The molecule has 5 rings (SSSR count). The second-order valence-electron chi connectivity index (χ2n) is 8.15. The van der Waals surface area contributed by atoms with E-state index in [1.54, 1.807) is 23.7 Å². The highest BCUT2D eigenvalue weighted by Gasteiger charge is 2.40. The van der Waals surface area contributed by atoms with E-state index in [2.05, 4.69) is 20.9 Å². The van der Waals surface area contributed by atoms with Crippen molar-refractivity contribution in [2.45, 2.75) is 44.7 Å². The van der Waals surface area contributed by atoms with Crippen molar-refractivity contribution in [3.05, 3.63) is 53.7 Å². The minimum absolute atomic E-state index is 0.180. The molecule has 150 valence electrons. The highest BCUT2D eigenvalue weighted by Crippen LogP contribution is 2.44. The second kappa shape index (κ2) is 7.02. The fourth-order valence-electron chi connectivity index (χ4n) is 4.72. The van der Waals surface area contributed by atoms with Crippen LogP contribution in [0.1, 0.15) is 65.3 Å². The van der Waals surface area contributed by atoms with Crippen LogP contribution < -0.4 is 10.6 Å². The summed E-state index contributed by atoms with van der Waals surface area (Å²) >= 11 is 0. The molecule has 2 bridgehead atoms. The van der Waals surface area contributed by atoms with Crippen LogP contribution in [0.25, 0.3) is 5.52 Å². The van der Waals surface area contributed by atoms with Gasteiger partial charge in [-0.1, -0.05) is 17.6 Å². The van der Waals surface area contributed by atoms with Gasteiger partial charge >= 0.3 is 0 Å². The van der Waals surface area contributed by atoms with Crippen molar-refractivity contribution in [3.63, 3.8) is 0 Å². The van der Waals surface area contributed by atoms with E-state index in [1.165, 1.54) is 25.5 Å². The molecule has 8 heteroatoms. The predicted molar refractivity (Wildman–Crippen MR) is 104 cm³/mol. The molecule has 29 heavy (non-hydrogen) atoms. The third kappa shape index (κ3) is 3.28. The molecule has 0 aliphatic heterocycles. The summed E-state index contributed by atoms with van der Waals surface area (Å²) in [6.07, 6.45) is 8.09. The van der Waals surface area contributed by atoms with Crippen LogP contribution in [-0.2, 0) is 0 Å². The van der Waals surface area contributed by atoms with Crippen LogP contribution in [0, 0.1) is 11.8 Å². The maximum absolute atomic E-state index is 12.6. The molecule has 2 fully saturated rings. The molecule has 3 aromatic rings. The fourth-order valence-corrected chi connectivity index (χ4v) is 4.72. The highest BCUT2D eigenvalue weighted by molar-refractivity contribution is 6.00. The summed E-state index contributed by atoms with van der Waals surface area (Å²) in [4.78, 5) is 25.2. The molecule has 0 aromatic carbocycles. The zero-order valence-electron chi connectivity index (χ0n) is 16.2. The van der Waals surface area contributed by atoms with E-state index < -0.39 is 6.04 Å². The highest BCUT2D eigenvalue weighted by atomic mass is 16.5. The zero-order chi connectivity index (χ0) is 20.0. The number of carbonyl (C=O) groups excluding carboxylic acids is 2. The Bertz CT molecular complexity index is 1070. The van der Waals surface area contributed by atoms with Gasteiger partial charge in [-0.2, -0.15) is 5.10 Å². The summed E-state index contributed by atoms with van der Waals surface area (Å²) in [5.41, 5.74) is 1.71. The van der Waals surface area contributed by atoms with Gasteiger partial charge in [-0.25, -0.2) is 4.52 Å². The maximum Gasteiger partial charge on any atom is 0.290 e. The maximum atomic E-state index is 12.6. The van der Waals surface area contributed by atoms with Crippen LogP contribution in [-0.4, -0.2) is 32.6 Å². The van der Waals surface area contributed by atoms with Crippen LogP contribution in [0.5, 0.6) is 0 Å². The number of fused-ring (bicyclic) bond motifs is 3. The lowest BCUT2D eigenvalue weighted by Gasteiger charge is -2.22. The first kappa shape index (κ1) is 17.9. The number of nitrogens with one attached hydrogen (secondary N) is 2. The molecule has 2 saturated carbocycles. The van der Waals surface area contributed by atoms with Gasteiger partial charge in [-0.15, -0.1) is 0 Å². The van der Waals surface area contributed by atoms with Gasteiger partial charge in [-0.05, 0) is 50.2 Å². The minimum atomic E-state index is -0.408. The average Bonchev–Trinajstić information content (AvgIpc) is 3.50. The monoisotopic (exact) mass is 393 g/mol. The normalized spacial score (nSPS) is 24.0. The molecular weight excluding hydrogens is 370 g/mol. The van der Waals surface area contributed by atoms with E-state index in [0.29, 0.717) is 17.2 Å². The third-order valence-electron chi connectivity index (χ3n) is 6.27. The molecule has 2 amide bonds. The lowest BCUT2D eigenvalue weighted by molar-refractivity contribution is 0.0883. The zero-order valence-corrected chi connectivity index (χ0v) is 16.2. The van der Waals surface area contributed by atoms with Crippen molar-refractivity contribution in [1.29, 1.82) is 0 Å². The number of aromatic nitrogens is 3. The van der Waals surface area contributed by atoms with Crippen molar-refractivity contribution < 1.29 is 14.1 Å². The largest absolute Gasteiger partial charge is 0.351 e. The summed E-state index contributed by atoms with van der Waals surface area (Å²) in [7, 11) is 0. The molecule has 0 saturated heterocycles. The number of hydrogen-bond acceptors (Lipinski definition) is 5. The molecule has 8 nitrogen and oxygen atoms in total. The Balaban J connectivity index is 1.24. The molecule has 2 aliphatic rings. The van der Waals surface area contributed by atoms with Crippen LogP contribution in [0.4, 0.5) is 0 Å². The Hall–Kier alpha value is -3.16. The first-order chi connectivity index (χ1) is 14.1. The van der Waals surface area contributed by atoms with Crippen molar-refractivity contribution in [3.8, 4) is 0 Å². The number of hydrogen-bond donors (Lipinski definition) is 2. The third-order valence-corrected chi connectivity index (χ3v) is 6.27. The molecule has 4 atom stereocenters. The number of amides is 2. The summed E-state index contributed by atoms with van der Waals surface area (Å²) in [5, 5.41) is 14.1. The predicted octanol–water partition coefficient (Wildman–Crippen LogP) is 2.73. The van der Waals surface area contributed by atoms with Gasteiger partial charge in [0.1, 0.15) is 5.69 Å². The van der Waals surface area contributed by atoms with Crippen molar-refractivity contribution >= 4 is 17.3 Å². The Morgan fingerprint density at radius 2 is 2.14 bits per heavy atom. The van der Waals surface area contributed by atoms with Gasteiger partial charge in [-0.3, -0.25) is 9.59 Å². The Morgan fingerprint density at radius 1 is 1.24 bits per heavy atom. The van der Waals surface area contributed by atoms with Gasteiger partial charge in [0.25, 0.3) is 11.8 Å². The van der Waals surface area contributed by atoms with Crippen molar-refractivity contribution in [2.75, 3.05) is 0 Å². The van der Waals surface area contributed by atoms with Gasteiger partial charge in [0, 0.05) is 18.3 Å². The van der Waals surface area contributed by atoms with E-state index in [-0.39, 0.29) is 23.6 Å². The van der Waals surface area contributed by atoms with E-state index in [4.69, 9.17) is 4.52 Å². The SMILES string of the molecule is C[C@@H](NC(=O)c1cnn2ccccc12)c1cc(C(=O)NC2C[C@@H]3CC[C@H]2C3)on1. The summed E-state index contributed by atoms with van der Waals surface area (Å²) in [6, 6.07) is 6.97. The van der Waals surface area contributed by atoms with E-state index in [1.807, 2.05) is 18.2 Å². The van der Waals surface area contributed by atoms with E-state index in [9.17, 15) is 9.59 Å². The summed E-state index contributed by atoms with van der Waals surface area (Å²) in [5.74, 6) is 1.04. The standard InChI is InChI=1S/C21H23N5O3/c1-12(23-20(27)15-11-22-26-7-3-2-4-18(15)26)16-10-19(29-25-16)21(28)24-17-9-13-5-6-14(17)8-13/h2-4,7,10-14,17H,5-6,8-9H2,1H3,(H,23,27)(H,24,28)/t12-,13-,14+,17?/m1/s1. The second-order valence-corrected chi connectivity index (χ2v) is 8.15. The lowest BCUT2D eigenvalue weighted by atomic mass is 9.95. The van der Waals surface area contributed by atoms with Gasteiger partial charge in [0.05, 0.1) is 23.3 Å². The molecular formula is C21H23N5O3.